The lowest BCUT2D eigenvalue weighted by atomic mass is 10.2. The summed E-state index contributed by atoms with van der Waals surface area (Å²) in [5.41, 5.74) is 7.45. The highest BCUT2D eigenvalue weighted by Crippen LogP contribution is 2.23. The Kier molecular flexibility index (Phi) is 2.49. The number of amides is 2. The molecular weight excluding hydrogens is 220 g/mol. The number of carbonyl (C=O) groups excluding carboxylic acids is 2. The van der Waals surface area contributed by atoms with Crippen LogP contribution in [0, 0.1) is 0 Å². The van der Waals surface area contributed by atoms with Gasteiger partial charge < -0.3 is 5.73 Å². The van der Waals surface area contributed by atoms with Gasteiger partial charge >= 0.3 is 0 Å². The molecule has 0 radical (unpaired) electrons. The summed E-state index contributed by atoms with van der Waals surface area (Å²) in [5.74, 6) is -0.0423. The smallest absolute Gasteiger partial charge is 0.257 e. The van der Waals surface area contributed by atoms with Crippen molar-refractivity contribution < 1.29 is 9.59 Å². The molecule has 0 atom stereocenters. The zero-order valence-electron chi connectivity index (χ0n) is 10.0. The van der Waals surface area contributed by atoms with Crippen LogP contribution in [-0.4, -0.2) is 26.5 Å². The minimum atomic E-state index is -0.254. The van der Waals surface area contributed by atoms with E-state index in [-0.39, 0.29) is 18.4 Å². The zero-order valence-corrected chi connectivity index (χ0v) is 10.0. The number of imide groups is 1. The minimum Gasteiger partial charge on any atom is -0.384 e. The molecule has 0 unspecified atom stereocenters. The van der Waals surface area contributed by atoms with Crippen LogP contribution in [0.5, 0.6) is 0 Å². The number of nitrogen functional groups attached to an aromatic ring is 1. The molecule has 1 aliphatic heterocycles. The van der Waals surface area contributed by atoms with E-state index in [1.165, 1.54) is 9.58 Å². The third-order valence-corrected chi connectivity index (χ3v) is 3.09. The standard InChI is InChI=1S/C11H14N4O2/c1-6-7(2)11(17)15(10(6)16)5-8-4-13-14(3)9(8)12/h4H,5,12H2,1-3H3. The molecule has 1 aliphatic rings. The molecule has 17 heavy (non-hydrogen) atoms. The molecule has 90 valence electrons. The summed E-state index contributed by atoms with van der Waals surface area (Å²) in [7, 11) is 1.71. The second kappa shape index (κ2) is 3.73. The zero-order chi connectivity index (χ0) is 12.7. The molecule has 2 heterocycles. The van der Waals surface area contributed by atoms with Gasteiger partial charge in [0.25, 0.3) is 11.8 Å². The molecule has 0 fully saturated rings. The highest BCUT2D eigenvalue weighted by Gasteiger charge is 2.33. The Morgan fingerprint density at radius 1 is 1.24 bits per heavy atom. The van der Waals surface area contributed by atoms with Crippen molar-refractivity contribution >= 4 is 17.6 Å². The second-order valence-electron chi connectivity index (χ2n) is 4.13. The van der Waals surface area contributed by atoms with Crippen molar-refractivity contribution in [2.24, 2.45) is 7.05 Å². The summed E-state index contributed by atoms with van der Waals surface area (Å²) in [5, 5.41) is 3.98. The van der Waals surface area contributed by atoms with Crippen LogP contribution >= 0.6 is 0 Å². The summed E-state index contributed by atoms with van der Waals surface area (Å²) in [4.78, 5) is 24.8. The van der Waals surface area contributed by atoms with E-state index in [4.69, 9.17) is 5.73 Å². The Balaban J connectivity index is 2.25. The predicted octanol–water partition coefficient (Wildman–Crippen LogP) is 0.207. The highest BCUT2D eigenvalue weighted by molar-refractivity contribution is 6.18. The number of anilines is 1. The molecule has 0 saturated heterocycles. The van der Waals surface area contributed by atoms with Gasteiger partial charge in [-0.05, 0) is 13.8 Å². The maximum absolute atomic E-state index is 11.8. The van der Waals surface area contributed by atoms with Crippen molar-refractivity contribution in [1.29, 1.82) is 0 Å². The van der Waals surface area contributed by atoms with Crippen LogP contribution in [0.1, 0.15) is 19.4 Å². The predicted molar refractivity (Wildman–Crippen MR) is 61.6 cm³/mol. The number of nitrogens with zero attached hydrogens (tertiary/aromatic N) is 3. The average molecular weight is 234 g/mol. The molecule has 0 aliphatic carbocycles. The van der Waals surface area contributed by atoms with E-state index in [0.29, 0.717) is 22.5 Å². The van der Waals surface area contributed by atoms with Gasteiger partial charge in [0, 0.05) is 23.8 Å². The average Bonchev–Trinajstić information content (AvgIpc) is 2.71. The molecule has 1 aromatic rings. The maximum atomic E-state index is 11.8. The molecule has 2 rings (SSSR count). The van der Waals surface area contributed by atoms with Crippen LogP contribution < -0.4 is 5.73 Å². The molecule has 0 spiro atoms. The Bertz CT molecular complexity index is 518. The van der Waals surface area contributed by atoms with Crippen LogP contribution in [0.3, 0.4) is 0 Å². The maximum Gasteiger partial charge on any atom is 0.257 e. The molecule has 0 aromatic carbocycles. The van der Waals surface area contributed by atoms with Gasteiger partial charge in [-0.2, -0.15) is 5.10 Å². The number of aryl methyl sites for hydroxylation is 1. The van der Waals surface area contributed by atoms with Gasteiger partial charge in [0.05, 0.1) is 12.7 Å². The monoisotopic (exact) mass is 234 g/mol. The summed E-state index contributed by atoms with van der Waals surface area (Å²) >= 11 is 0. The second-order valence-corrected chi connectivity index (χ2v) is 4.13. The van der Waals surface area contributed by atoms with Gasteiger partial charge in [0.2, 0.25) is 0 Å². The van der Waals surface area contributed by atoms with Crippen molar-refractivity contribution in [3.05, 3.63) is 22.9 Å². The first-order chi connectivity index (χ1) is 7.93. The van der Waals surface area contributed by atoms with Crippen LogP contribution in [0.25, 0.3) is 0 Å². The van der Waals surface area contributed by atoms with Gasteiger partial charge in [0.1, 0.15) is 5.82 Å². The Hall–Kier alpha value is -2.11. The largest absolute Gasteiger partial charge is 0.384 e. The summed E-state index contributed by atoms with van der Waals surface area (Å²) in [6, 6.07) is 0. The van der Waals surface area contributed by atoms with Gasteiger partial charge in [0.15, 0.2) is 0 Å². The highest BCUT2D eigenvalue weighted by atomic mass is 16.2. The van der Waals surface area contributed by atoms with Crippen LogP contribution in [0.2, 0.25) is 0 Å². The van der Waals surface area contributed by atoms with Gasteiger partial charge in [-0.25, -0.2) is 0 Å². The minimum absolute atomic E-state index is 0.173. The fourth-order valence-corrected chi connectivity index (χ4v) is 1.75. The number of hydrogen-bond acceptors (Lipinski definition) is 4. The first-order valence-corrected chi connectivity index (χ1v) is 5.23. The normalized spacial score (nSPS) is 16.3. The quantitative estimate of drug-likeness (QED) is 0.741. The van der Waals surface area contributed by atoms with E-state index in [1.807, 2.05) is 0 Å². The summed E-state index contributed by atoms with van der Waals surface area (Å²) in [6.07, 6.45) is 1.57. The van der Waals surface area contributed by atoms with Crippen molar-refractivity contribution in [3.8, 4) is 0 Å². The Morgan fingerprint density at radius 3 is 2.18 bits per heavy atom. The van der Waals surface area contributed by atoms with E-state index in [1.54, 1.807) is 27.1 Å². The van der Waals surface area contributed by atoms with Crippen molar-refractivity contribution in [3.63, 3.8) is 0 Å². The molecule has 0 bridgehead atoms. The number of carbonyl (C=O) groups is 2. The lowest BCUT2D eigenvalue weighted by Crippen LogP contribution is -2.31. The van der Waals surface area contributed by atoms with Crippen LogP contribution in [-0.2, 0) is 23.2 Å². The number of nitrogens with two attached hydrogens (primary N) is 1. The molecule has 2 amide bonds. The van der Waals surface area contributed by atoms with E-state index in [2.05, 4.69) is 5.10 Å². The van der Waals surface area contributed by atoms with E-state index >= 15 is 0 Å². The molecule has 6 nitrogen and oxygen atoms in total. The van der Waals surface area contributed by atoms with Gasteiger partial charge in [-0.1, -0.05) is 0 Å². The lowest BCUT2D eigenvalue weighted by molar-refractivity contribution is -0.138. The lowest BCUT2D eigenvalue weighted by Gasteiger charge is -2.14. The summed E-state index contributed by atoms with van der Waals surface area (Å²) < 4.78 is 1.51. The molecule has 0 saturated carbocycles. The fourth-order valence-electron chi connectivity index (χ4n) is 1.75. The molecular formula is C11H14N4O2. The number of rotatable bonds is 2. The van der Waals surface area contributed by atoms with Gasteiger partial charge in [-0.3, -0.25) is 19.2 Å². The van der Waals surface area contributed by atoms with E-state index in [0.717, 1.165) is 0 Å². The fraction of sp³-hybridized carbons (Fsp3) is 0.364. The van der Waals surface area contributed by atoms with Crippen molar-refractivity contribution in [2.45, 2.75) is 20.4 Å². The molecule has 6 heteroatoms. The first kappa shape index (κ1) is 11.4. The third kappa shape index (κ3) is 1.61. The Labute approximate surface area is 98.7 Å². The van der Waals surface area contributed by atoms with Crippen LogP contribution in [0.15, 0.2) is 17.3 Å². The van der Waals surface area contributed by atoms with E-state index < -0.39 is 0 Å². The Morgan fingerprint density at radius 2 is 1.76 bits per heavy atom. The third-order valence-electron chi connectivity index (χ3n) is 3.09. The number of hydrogen-bond donors (Lipinski definition) is 1. The van der Waals surface area contributed by atoms with Crippen molar-refractivity contribution in [2.75, 3.05) is 5.73 Å². The topological polar surface area (TPSA) is 81.2 Å². The van der Waals surface area contributed by atoms with Crippen LogP contribution in [0.4, 0.5) is 5.82 Å². The first-order valence-electron chi connectivity index (χ1n) is 5.23. The molecule has 1 aromatic heterocycles. The van der Waals surface area contributed by atoms with Crippen molar-refractivity contribution in [1.82, 2.24) is 14.7 Å². The molecule has 2 N–H and O–H groups in total. The SMILES string of the molecule is CC1=C(C)C(=O)N(Cc2cnn(C)c2N)C1=O. The van der Waals surface area contributed by atoms with E-state index in [9.17, 15) is 9.59 Å². The van der Waals surface area contributed by atoms with Gasteiger partial charge in [-0.15, -0.1) is 0 Å². The summed E-state index contributed by atoms with van der Waals surface area (Å²) in [6.45, 7) is 3.48. The number of aromatic nitrogens is 2.